The van der Waals surface area contributed by atoms with Crippen molar-refractivity contribution in [3.63, 3.8) is 0 Å². The molecule has 0 saturated carbocycles. The van der Waals surface area contributed by atoms with E-state index in [2.05, 4.69) is 5.32 Å². The molecule has 7 heteroatoms. The number of amides is 1. The van der Waals surface area contributed by atoms with Gasteiger partial charge in [-0.3, -0.25) is 4.79 Å². The van der Waals surface area contributed by atoms with E-state index in [1.54, 1.807) is 39.5 Å². The summed E-state index contributed by atoms with van der Waals surface area (Å²) in [6.45, 7) is 1.11. The molecule has 0 aliphatic carbocycles. The van der Waals surface area contributed by atoms with Gasteiger partial charge in [0.05, 0.1) is 32.8 Å². The lowest BCUT2D eigenvalue weighted by atomic mass is 9.73. The van der Waals surface area contributed by atoms with Crippen molar-refractivity contribution in [2.75, 3.05) is 41.1 Å². The molecule has 30 heavy (non-hydrogen) atoms. The number of rotatable bonds is 8. The molecule has 0 bridgehead atoms. The molecule has 1 heterocycles. The summed E-state index contributed by atoms with van der Waals surface area (Å²) < 4.78 is 21.3. The molecule has 2 aromatic carbocycles. The van der Waals surface area contributed by atoms with E-state index in [9.17, 15) is 9.90 Å². The maximum Gasteiger partial charge on any atom is 0.230 e. The SMILES string of the molecule is COc1ccc(C2(C(=O)NCC(O)c3ccc(OC)c(OC)c3)CCOCC2)cc1. The van der Waals surface area contributed by atoms with E-state index >= 15 is 0 Å². The van der Waals surface area contributed by atoms with E-state index in [-0.39, 0.29) is 12.5 Å². The number of benzene rings is 2. The van der Waals surface area contributed by atoms with Gasteiger partial charge in [0.2, 0.25) is 5.91 Å². The summed E-state index contributed by atoms with van der Waals surface area (Å²) >= 11 is 0. The maximum atomic E-state index is 13.3. The zero-order chi connectivity index (χ0) is 21.6. The number of nitrogens with one attached hydrogen (secondary N) is 1. The Hall–Kier alpha value is -2.77. The van der Waals surface area contributed by atoms with Crippen LogP contribution in [0.1, 0.15) is 30.1 Å². The zero-order valence-corrected chi connectivity index (χ0v) is 17.6. The van der Waals surface area contributed by atoms with Gasteiger partial charge >= 0.3 is 0 Å². The van der Waals surface area contributed by atoms with Crippen molar-refractivity contribution in [1.82, 2.24) is 5.32 Å². The van der Waals surface area contributed by atoms with E-state index in [4.69, 9.17) is 18.9 Å². The monoisotopic (exact) mass is 415 g/mol. The van der Waals surface area contributed by atoms with Crippen molar-refractivity contribution in [2.45, 2.75) is 24.4 Å². The largest absolute Gasteiger partial charge is 0.497 e. The van der Waals surface area contributed by atoms with Gasteiger partial charge in [-0.25, -0.2) is 0 Å². The molecule has 1 atom stereocenters. The summed E-state index contributed by atoms with van der Waals surface area (Å²) in [5.74, 6) is 1.73. The summed E-state index contributed by atoms with van der Waals surface area (Å²) in [6.07, 6.45) is 0.288. The van der Waals surface area contributed by atoms with Gasteiger partial charge in [0.1, 0.15) is 5.75 Å². The van der Waals surface area contributed by atoms with E-state index in [1.165, 1.54) is 0 Å². The van der Waals surface area contributed by atoms with Gasteiger partial charge < -0.3 is 29.4 Å². The highest BCUT2D eigenvalue weighted by Gasteiger charge is 2.41. The Kier molecular flexibility index (Phi) is 7.18. The minimum atomic E-state index is -0.874. The molecule has 1 saturated heterocycles. The van der Waals surface area contributed by atoms with Crippen LogP contribution >= 0.6 is 0 Å². The van der Waals surface area contributed by atoms with Crippen LogP contribution < -0.4 is 19.5 Å². The fourth-order valence-corrected chi connectivity index (χ4v) is 3.81. The molecule has 0 aromatic heterocycles. The van der Waals surface area contributed by atoms with Crippen molar-refractivity contribution >= 4 is 5.91 Å². The lowest BCUT2D eigenvalue weighted by Crippen LogP contribution is -2.48. The van der Waals surface area contributed by atoms with E-state index < -0.39 is 11.5 Å². The molecule has 3 rings (SSSR count). The molecule has 1 unspecified atom stereocenters. The van der Waals surface area contributed by atoms with Gasteiger partial charge in [-0.15, -0.1) is 0 Å². The van der Waals surface area contributed by atoms with Crippen LogP contribution in [0.5, 0.6) is 17.2 Å². The number of hydrogen-bond acceptors (Lipinski definition) is 6. The summed E-state index contributed by atoms with van der Waals surface area (Å²) in [7, 11) is 4.71. The Bertz CT molecular complexity index is 845. The van der Waals surface area contributed by atoms with Crippen molar-refractivity contribution in [3.8, 4) is 17.2 Å². The van der Waals surface area contributed by atoms with E-state index in [1.807, 2.05) is 24.3 Å². The topological polar surface area (TPSA) is 86.3 Å². The fourth-order valence-electron chi connectivity index (χ4n) is 3.81. The number of aliphatic hydroxyl groups excluding tert-OH is 1. The summed E-state index contributed by atoms with van der Waals surface area (Å²) in [5, 5.41) is 13.6. The second-order valence-corrected chi connectivity index (χ2v) is 7.26. The highest BCUT2D eigenvalue weighted by Crippen LogP contribution is 2.36. The molecule has 2 aromatic rings. The molecule has 1 fully saturated rings. The van der Waals surface area contributed by atoms with Gasteiger partial charge in [0.15, 0.2) is 11.5 Å². The lowest BCUT2D eigenvalue weighted by molar-refractivity contribution is -0.131. The van der Waals surface area contributed by atoms with Crippen LogP contribution in [0.4, 0.5) is 0 Å². The molecule has 2 N–H and O–H groups in total. The third kappa shape index (κ3) is 4.52. The second-order valence-electron chi connectivity index (χ2n) is 7.26. The predicted octanol–water partition coefficient (Wildman–Crippen LogP) is 2.61. The average molecular weight is 415 g/mol. The highest BCUT2D eigenvalue weighted by molar-refractivity contribution is 5.88. The maximum absolute atomic E-state index is 13.3. The summed E-state index contributed by atoms with van der Waals surface area (Å²) in [5.41, 5.74) is 0.866. The van der Waals surface area contributed by atoms with Gasteiger partial charge in [0, 0.05) is 19.8 Å². The first-order valence-electron chi connectivity index (χ1n) is 9.94. The molecular formula is C23H29NO6. The Morgan fingerprint density at radius 3 is 2.30 bits per heavy atom. The molecule has 0 radical (unpaired) electrons. The Balaban J connectivity index is 1.74. The van der Waals surface area contributed by atoms with Crippen LogP contribution in [0, 0.1) is 0 Å². The molecule has 1 aliphatic rings. The fraction of sp³-hybridized carbons (Fsp3) is 0.435. The van der Waals surface area contributed by atoms with Crippen LogP contribution in [0.2, 0.25) is 0 Å². The summed E-state index contributed by atoms with van der Waals surface area (Å²) in [6, 6.07) is 12.8. The molecule has 0 spiro atoms. The van der Waals surface area contributed by atoms with Crippen molar-refractivity contribution in [2.24, 2.45) is 0 Å². The van der Waals surface area contributed by atoms with Crippen LogP contribution in [0.15, 0.2) is 42.5 Å². The predicted molar refractivity (Wildman–Crippen MR) is 112 cm³/mol. The number of carbonyl (C=O) groups excluding carboxylic acids is 1. The quantitative estimate of drug-likeness (QED) is 0.689. The molecule has 162 valence electrons. The van der Waals surface area contributed by atoms with E-state index in [0.29, 0.717) is 43.1 Å². The third-order valence-corrected chi connectivity index (χ3v) is 5.67. The molecule has 1 aliphatic heterocycles. The van der Waals surface area contributed by atoms with Gasteiger partial charge in [-0.2, -0.15) is 0 Å². The van der Waals surface area contributed by atoms with Gasteiger partial charge in [0.25, 0.3) is 0 Å². The average Bonchev–Trinajstić information content (AvgIpc) is 2.82. The number of hydrogen-bond donors (Lipinski definition) is 2. The number of carbonyl (C=O) groups is 1. The molecular weight excluding hydrogens is 386 g/mol. The minimum absolute atomic E-state index is 0.0904. The first kappa shape index (κ1) is 21.9. The Labute approximate surface area is 176 Å². The molecule has 7 nitrogen and oxygen atoms in total. The second kappa shape index (κ2) is 9.82. The van der Waals surface area contributed by atoms with Crippen LogP contribution in [-0.2, 0) is 14.9 Å². The Morgan fingerprint density at radius 2 is 1.70 bits per heavy atom. The van der Waals surface area contributed by atoms with E-state index in [0.717, 1.165) is 11.3 Å². The highest BCUT2D eigenvalue weighted by atomic mass is 16.5. The van der Waals surface area contributed by atoms with Gasteiger partial charge in [-0.1, -0.05) is 18.2 Å². The number of ether oxygens (including phenoxy) is 4. The van der Waals surface area contributed by atoms with Crippen LogP contribution in [-0.4, -0.2) is 52.1 Å². The number of methoxy groups -OCH3 is 3. The zero-order valence-electron chi connectivity index (χ0n) is 17.6. The minimum Gasteiger partial charge on any atom is -0.497 e. The number of aliphatic hydroxyl groups is 1. The van der Waals surface area contributed by atoms with Crippen molar-refractivity contribution in [1.29, 1.82) is 0 Å². The van der Waals surface area contributed by atoms with Crippen LogP contribution in [0.25, 0.3) is 0 Å². The smallest absolute Gasteiger partial charge is 0.230 e. The lowest BCUT2D eigenvalue weighted by Gasteiger charge is -2.36. The van der Waals surface area contributed by atoms with Crippen molar-refractivity contribution in [3.05, 3.63) is 53.6 Å². The first-order valence-corrected chi connectivity index (χ1v) is 9.94. The molecule has 1 amide bonds. The van der Waals surface area contributed by atoms with Crippen molar-refractivity contribution < 1.29 is 28.8 Å². The first-order chi connectivity index (χ1) is 14.5. The normalized spacial score (nSPS) is 16.4. The standard InChI is InChI=1S/C23H29NO6/c1-27-18-7-5-17(6-8-18)23(10-12-30-13-11-23)22(26)24-15-19(25)16-4-9-20(28-2)21(14-16)29-3/h4-9,14,19,25H,10-13,15H2,1-3H3,(H,24,26). The van der Waals surface area contributed by atoms with Gasteiger partial charge in [-0.05, 0) is 48.2 Å². The third-order valence-electron chi connectivity index (χ3n) is 5.67. The Morgan fingerprint density at radius 1 is 1.03 bits per heavy atom. The van der Waals surface area contributed by atoms with Crippen LogP contribution in [0.3, 0.4) is 0 Å². The summed E-state index contributed by atoms with van der Waals surface area (Å²) in [4.78, 5) is 13.3.